The number of nitrogens with zero attached hydrogens (tertiary/aromatic N) is 2. The van der Waals surface area contributed by atoms with Crippen molar-refractivity contribution in [3.8, 4) is 0 Å². The van der Waals surface area contributed by atoms with Gasteiger partial charge in [0.2, 0.25) is 0 Å². The first-order valence-corrected chi connectivity index (χ1v) is 6.22. The third-order valence-electron chi connectivity index (χ3n) is 3.22. The van der Waals surface area contributed by atoms with Gasteiger partial charge in [0.25, 0.3) is 5.91 Å². The molecule has 1 aliphatic heterocycles. The number of urea groups is 1. The molecule has 1 saturated heterocycles. The van der Waals surface area contributed by atoms with Crippen molar-refractivity contribution >= 4 is 17.9 Å². The number of aliphatic carboxylic acids is 1. The maximum Gasteiger partial charge on any atom is 0.325 e. The minimum Gasteiger partial charge on any atom is -0.481 e. The van der Waals surface area contributed by atoms with E-state index in [0.717, 1.165) is 4.90 Å². The van der Waals surface area contributed by atoms with E-state index >= 15 is 0 Å². The third-order valence-corrected chi connectivity index (χ3v) is 3.22. The molecule has 1 aliphatic rings. The van der Waals surface area contributed by atoms with Crippen LogP contribution in [0.15, 0.2) is 24.4 Å². The number of imide groups is 1. The molecule has 20 heavy (non-hydrogen) atoms. The molecule has 0 saturated carbocycles. The number of rotatable bonds is 5. The Morgan fingerprint density at radius 3 is 2.80 bits per heavy atom. The second kappa shape index (κ2) is 5.28. The van der Waals surface area contributed by atoms with Crippen LogP contribution in [0.2, 0.25) is 0 Å². The molecule has 0 radical (unpaired) electrons. The van der Waals surface area contributed by atoms with Crippen LogP contribution in [-0.2, 0) is 15.1 Å². The average molecular weight is 277 g/mol. The van der Waals surface area contributed by atoms with E-state index in [2.05, 4.69) is 10.3 Å². The summed E-state index contributed by atoms with van der Waals surface area (Å²) in [7, 11) is 0. The van der Waals surface area contributed by atoms with Gasteiger partial charge in [-0.3, -0.25) is 19.5 Å². The lowest BCUT2D eigenvalue weighted by atomic mass is 9.97. The van der Waals surface area contributed by atoms with Gasteiger partial charge in [-0.25, -0.2) is 4.79 Å². The third kappa shape index (κ3) is 2.47. The van der Waals surface area contributed by atoms with E-state index in [1.165, 1.54) is 0 Å². The van der Waals surface area contributed by atoms with Crippen molar-refractivity contribution in [2.24, 2.45) is 0 Å². The summed E-state index contributed by atoms with van der Waals surface area (Å²) >= 11 is 0. The number of pyridine rings is 1. The van der Waals surface area contributed by atoms with Crippen LogP contribution in [0.5, 0.6) is 0 Å². The van der Waals surface area contributed by atoms with Crippen LogP contribution in [0.25, 0.3) is 0 Å². The van der Waals surface area contributed by atoms with E-state index in [4.69, 9.17) is 5.11 Å². The van der Waals surface area contributed by atoms with Crippen molar-refractivity contribution in [2.75, 3.05) is 6.54 Å². The highest BCUT2D eigenvalue weighted by molar-refractivity contribution is 6.06. The highest BCUT2D eigenvalue weighted by Gasteiger charge is 2.49. The maximum atomic E-state index is 12.4. The van der Waals surface area contributed by atoms with Crippen molar-refractivity contribution in [3.05, 3.63) is 30.1 Å². The molecule has 7 nitrogen and oxygen atoms in total. The van der Waals surface area contributed by atoms with E-state index in [9.17, 15) is 14.4 Å². The molecular weight excluding hydrogens is 262 g/mol. The largest absolute Gasteiger partial charge is 0.481 e. The first-order chi connectivity index (χ1) is 9.45. The van der Waals surface area contributed by atoms with Crippen molar-refractivity contribution in [2.45, 2.75) is 25.3 Å². The Morgan fingerprint density at radius 2 is 2.20 bits per heavy atom. The van der Waals surface area contributed by atoms with Gasteiger partial charge in [-0.2, -0.15) is 0 Å². The van der Waals surface area contributed by atoms with Gasteiger partial charge in [0.1, 0.15) is 0 Å². The van der Waals surface area contributed by atoms with Gasteiger partial charge in [-0.05, 0) is 25.5 Å². The number of nitrogens with one attached hydrogen (secondary N) is 1. The fourth-order valence-electron chi connectivity index (χ4n) is 2.12. The fourth-order valence-corrected chi connectivity index (χ4v) is 2.12. The zero-order valence-electron chi connectivity index (χ0n) is 11.0. The second-order valence-electron chi connectivity index (χ2n) is 4.72. The lowest BCUT2D eigenvalue weighted by Crippen LogP contribution is -2.41. The van der Waals surface area contributed by atoms with E-state index in [-0.39, 0.29) is 19.4 Å². The van der Waals surface area contributed by atoms with Crippen molar-refractivity contribution in [1.82, 2.24) is 15.2 Å². The number of amides is 3. The van der Waals surface area contributed by atoms with Crippen LogP contribution in [0.3, 0.4) is 0 Å². The van der Waals surface area contributed by atoms with Gasteiger partial charge in [0, 0.05) is 19.2 Å². The summed E-state index contributed by atoms with van der Waals surface area (Å²) in [6.07, 6.45) is 1.69. The molecule has 0 spiro atoms. The zero-order chi connectivity index (χ0) is 14.8. The smallest absolute Gasteiger partial charge is 0.325 e. The maximum absolute atomic E-state index is 12.4. The number of carboxylic acid groups (broad SMARTS) is 1. The Balaban J connectivity index is 2.14. The van der Waals surface area contributed by atoms with Crippen LogP contribution >= 0.6 is 0 Å². The van der Waals surface area contributed by atoms with Gasteiger partial charge >= 0.3 is 12.0 Å². The topological polar surface area (TPSA) is 99.6 Å². The van der Waals surface area contributed by atoms with Crippen LogP contribution in [-0.4, -0.2) is 39.4 Å². The monoisotopic (exact) mass is 277 g/mol. The van der Waals surface area contributed by atoms with Crippen molar-refractivity contribution < 1.29 is 19.5 Å². The second-order valence-corrected chi connectivity index (χ2v) is 4.72. The molecule has 3 amide bonds. The number of hydrogen-bond donors (Lipinski definition) is 2. The van der Waals surface area contributed by atoms with E-state index < -0.39 is 23.4 Å². The summed E-state index contributed by atoms with van der Waals surface area (Å²) in [5, 5.41) is 11.2. The van der Waals surface area contributed by atoms with Crippen LogP contribution in [0.4, 0.5) is 4.79 Å². The molecule has 0 aromatic carbocycles. The minimum atomic E-state index is -1.19. The van der Waals surface area contributed by atoms with Crippen LogP contribution < -0.4 is 5.32 Å². The molecule has 2 heterocycles. The molecule has 1 fully saturated rings. The molecule has 1 aromatic heterocycles. The molecule has 2 N–H and O–H groups in total. The van der Waals surface area contributed by atoms with Gasteiger partial charge in [-0.1, -0.05) is 6.07 Å². The Hall–Kier alpha value is -2.44. The standard InChI is InChI=1S/C13H15N3O4/c1-13(9-5-2-3-7-14-9)11(19)16(12(20)15-13)8-4-6-10(17)18/h2-3,5,7H,4,6,8H2,1H3,(H,15,20)(H,17,18). The highest BCUT2D eigenvalue weighted by Crippen LogP contribution is 2.27. The molecule has 1 atom stereocenters. The lowest BCUT2D eigenvalue weighted by Gasteiger charge is -2.20. The van der Waals surface area contributed by atoms with Crippen molar-refractivity contribution in [3.63, 3.8) is 0 Å². The van der Waals surface area contributed by atoms with Gasteiger partial charge < -0.3 is 10.4 Å². The first kappa shape index (κ1) is 14.0. The predicted octanol–water partition coefficient (Wildman–Crippen LogP) is 0.713. The normalized spacial score (nSPS) is 21.9. The Kier molecular flexibility index (Phi) is 3.69. The summed E-state index contributed by atoms with van der Waals surface area (Å²) in [5.74, 6) is -1.36. The minimum absolute atomic E-state index is 0.0827. The quantitative estimate of drug-likeness (QED) is 0.772. The molecule has 1 aromatic rings. The molecule has 0 aliphatic carbocycles. The summed E-state index contributed by atoms with van der Waals surface area (Å²) < 4.78 is 0. The number of carbonyl (C=O) groups excluding carboxylic acids is 2. The lowest BCUT2D eigenvalue weighted by molar-refractivity contribution is -0.138. The van der Waals surface area contributed by atoms with E-state index in [0.29, 0.717) is 5.69 Å². The molecule has 106 valence electrons. The van der Waals surface area contributed by atoms with Gasteiger partial charge in [-0.15, -0.1) is 0 Å². The van der Waals surface area contributed by atoms with E-state index in [1.54, 1.807) is 31.3 Å². The predicted molar refractivity (Wildman–Crippen MR) is 68.7 cm³/mol. The Labute approximate surface area is 115 Å². The van der Waals surface area contributed by atoms with Gasteiger partial charge in [0.05, 0.1) is 5.69 Å². The zero-order valence-corrected chi connectivity index (χ0v) is 11.0. The summed E-state index contributed by atoms with van der Waals surface area (Å²) in [6, 6.07) is 4.60. The van der Waals surface area contributed by atoms with Crippen molar-refractivity contribution in [1.29, 1.82) is 0 Å². The molecule has 1 unspecified atom stereocenters. The number of aromatic nitrogens is 1. The molecule has 0 bridgehead atoms. The average Bonchev–Trinajstić information content (AvgIpc) is 2.64. The van der Waals surface area contributed by atoms with Gasteiger partial charge in [0.15, 0.2) is 5.54 Å². The SMILES string of the molecule is CC1(c2ccccn2)NC(=O)N(CCCC(=O)O)C1=O. The molecular formula is C13H15N3O4. The Bertz CT molecular complexity index is 546. The number of hydrogen-bond acceptors (Lipinski definition) is 4. The van der Waals surface area contributed by atoms with Crippen LogP contribution in [0, 0.1) is 0 Å². The Morgan fingerprint density at radius 1 is 1.45 bits per heavy atom. The molecule has 7 heteroatoms. The number of carboxylic acids is 1. The fraction of sp³-hybridized carbons (Fsp3) is 0.385. The number of carbonyl (C=O) groups is 3. The highest BCUT2D eigenvalue weighted by atomic mass is 16.4. The molecule has 2 rings (SSSR count). The summed E-state index contributed by atoms with van der Waals surface area (Å²) in [5.41, 5.74) is -0.735. The summed E-state index contributed by atoms with van der Waals surface area (Å²) in [4.78, 5) is 39.9. The summed E-state index contributed by atoms with van der Waals surface area (Å²) in [6.45, 7) is 1.67. The first-order valence-electron chi connectivity index (χ1n) is 6.22. The van der Waals surface area contributed by atoms with Crippen LogP contribution in [0.1, 0.15) is 25.5 Å². The van der Waals surface area contributed by atoms with E-state index in [1.807, 2.05) is 0 Å².